The molecule has 5 nitrogen and oxygen atoms in total. The lowest BCUT2D eigenvalue weighted by molar-refractivity contribution is 0.540. The van der Waals surface area contributed by atoms with Gasteiger partial charge in [-0.15, -0.1) is 0 Å². The van der Waals surface area contributed by atoms with Gasteiger partial charge in [-0.3, -0.25) is 4.68 Å². The minimum atomic E-state index is 0.296. The van der Waals surface area contributed by atoms with Crippen LogP contribution in [0.2, 0.25) is 0 Å². The Morgan fingerprint density at radius 1 is 1.10 bits per heavy atom. The molecule has 3 rings (SSSR count). The fourth-order valence-corrected chi connectivity index (χ4v) is 2.40. The third kappa shape index (κ3) is 1.99. The molecule has 0 N–H and O–H groups in total. The Morgan fingerprint density at radius 3 is 2.50 bits per heavy atom. The highest BCUT2D eigenvalue weighted by molar-refractivity contribution is 5.81. The van der Waals surface area contributed by atoms with Gasteiger partial charge in [0.25, 0.3) is 0 Å². The second kappa shape index (κ2) is 4.74. The van der Waals surface area contributed by atoms with Gasteiger partial charge in [0.1, 0.15) is 5.69 Å². The van der Waals surface area contributed by atoms with Crippen molar-refractivity contribution < 1.29 is 0 Å². The number of hydrogen-bond donors (Lipinski definition) is 0. The molecule has 3 aromatic rings. The molecule has 5 heteroatoms. The number of nitrogens with zero attached hydrogens (tertiary/aromatic N) is 5. The molecule has 3 heterocycles. The summed E-state index contributed by atoms with van der Waals surface area (Å²) in [5, 5.41) is 10.2. The van der Waals surface area contributed by atoms with E-state index in [0.29, 0.717) is 6.04 Å². The number of hydrogen-bond acceptors (Lipinski definition) is 3. The Balaban J connectivity index is 2.21. The third-order valence-corrected chi connectivity index (χ3v) is 3.43. The van der Waals surface area contributed by atoms with E-state index in [-0.39, 0.29) is 0 Å². The SMILES string of the molecule is CCc1nn(C(C)C)c2nc(-c3ccn(C)n3)ccc12. The van der Waals surface area contributed by atoms with Crippen molar-refractivity contribution in [2.45, 2.75) is 33.2 Å². The summed E-state index contributed by atoms with van der Waals surface area (Å²) in [5.41, 5.74) is 3.83. The van der Waals surface area contributed by atoms with Gasteiger partial charge in [-0.05, 0) is 38.5 Å². The van der Waals surface area contributed by atoms with E-state index >= 15 is 0 Å². The summed E-state index contributed by atoms with van der Waals surface area (Å²) >= 11 is 0. The van der Waals surface area contributed by atoms with Crippen molar-refractivity contribution >= 4 is 11.0 Å². The molecule has 0 spiro atoms. The molecule has 20 heavy (non-hydrogen) atoms. The first kappa shape index (κ1) is 12.8. The van der Waals surface area contributed by atoms with Gasteiger partial charge in [0.15, 0.2) is 5.65 Å². The zero-order valence-electron chi connectivity index (χ0n) is 12.3. The van der Waals surface area contributed by atoms with Gasteiger partial charge < -0.3 is 0 Å². The van der Waals surface area contributed by atoms with Crippen LogP contribution in [0.5, 0.6) is 0 Å². The lowest BCUT2D eigenvalue weighted by Gasteiger charge is -2.06. The van der Waals surface area contributed by atoms with Crippen LogP contribution in [0.4, 0.5) is 0 Å². The number of aromatic nitrogens is 5. The maximum Gasteiger partial charge on any atom is 0.159 e. The van der Waals surface area contributed by atoms with E-state index in [1.807, 2.05) is 30.1 Å². The molecule has 0 bridgehead atoms. The first-order valence-electron chi connectivity index (χ1n) is 6.98. The predicted octanol–water partition coefficient (Wildman–Crippen LogP) is 2.98. The summed E-state index contributed by atoms with van der Waals surface area (Å²) in [6.45, 7) is 6.38. The molecule has 0 aromatic carbocycles. The molecule has 0 aliphatic rings. The van der Waals surface area contributed by atoms with Gasteiger partial charge in [-0.1, -0.05) is 6.92 Å². The topological polar surface area (TPSA) is 48.5 Å². The molecule has 0 fully saturated rings. The molecule has 0 atom stereocenters. The molecular weight excluding hydrogens is 250 g/mol. The van der Waals surface area contributed by atoms with Gasteiger partial charge in [0.2, 0.25) is 0 Å². The number of aryl methyl sites for hydroxylation is 2. The van der Waals surface area contributed by atoms with Crippen LogP contribution in [0.15, 0.2) is 24.4 Å². The monoisotopic (exact) mass is 269 g/mol. The molecule has 0 radical (unpaired) electrons. The average molecular weight is 269 g/mol. The van der Waals surface area contributed by atoms with Crippen molar-refractivity contribution in [3.63, 3.8) is 0 Å². The third-order valence-electron chi connectivity index (χ3n) is 3.43. The van der Waals surface area contributed by atoms with Gasteiger partial charge in [-0.2, -0.15) is 10.2 Å². The minimum absolute atomic E-state index is 0.296. The molecule has 0 unspecified atom stereocenters. The predicted molar refractivity (Wildman–Crippen MR) is 79.5 cm³/mol. The molecule has 0 saturated carbocycles. The zero-order valence-corrected chi connectivity index (χ0v) is 12.3. The summed E-state index contributed by atoms with van der Waals surface area (Å²) in [6, 6.07) is 6.40. The van der Waals surface area contributed by atoms with Crippen molar-refractivity contribution in [3.05, 3.63) is 30.1 Å². The first-order chi connectivity index (χ1) is 9.60. The van der Waals surface area contributed by atoms with E-state index < -0.39 is 0 Å². The molecule has 0 amide bonds. The van der Waals surface area contributed by atoms with Crippen LogP contribution in [-0.4, -0.2) is 24.5 Å². The Morgan fingerprint density at radius 2 is 1.90 bits per heavy atom. The van der Waals surface area contributed by atoms with Gasteiger partial charge in [0, 0.05) is 24.7 Å². The first-order valence-corrected chi connectivity index (χ1v) is 6.98. The van der Waals surface area contributed by atoms with Gasteiger partial charge >= 0.3 is 0 Å². The van der Waals surface area contributed by atoms with E-state index in [9.17, 15) is 0 Å². The summed E-state index contributed by atoms with van der Waals surface area (Å²) in [7, 11) is 1.91. The average Bonchev–Trinajstić information content (AvgIpc) is 3.01. The summed E-state index contributed by atoms with van der Waals surface area (Å²) in [5.74, 6) is 0. The van der Waals surface area contributed by atoms with Crippen LogP contribution in [-0.2, 0) is 13.5 Å². The van der Waals surface area contributed by atoms with Crippen molar-refractivity contribution in [1.29, 1.82) is 0 Å². The van der Waals surface area contributed by atoms with E-state index in [2.05, 4.69) is 37.0 Å². The van der Waals surface area contributed by atoms with Crippen molar-refractivity contribution in [1.82, 2.24) is 24.5 Å². The molecule has 0 aliphatic heterocycles. The highest BCUT2D eigenvalue weighted by Gasteiger charge is 2.14. The van der Waals surface area contributed by atoms with E-state index in [1.165, 1.54) is 0 Å². The molecule has 0 aliphatic carbocycles. The Bertz CT molecular complexity index is 751. The molecule has 3 aromatic heterocycles. The second-order valence-corrected chi connectivity index (χ2v) is 5.28. The largest absolute Gasteiger partial charge is 0.275 e. The van der Waals surface area contributed by atoms with Crippen molar-refractivity contribution in [2.75, 3.05) is 0 Å². The van der Waals surface area contributed by atoms with Crippen molar-refractivity contribution in [2.24, 2.45) is 7.05 Å². The summed E-state index contributed by atoms with van der Waals surface area (Å²) in [6.07, 6.45) is 2.85. The van der Waals surface area contributed by atoms with Crippen LogP contribution in [0, 0.1) is 0 Å². The smallest absolute Gasteiger partial charge is 0.159 e. The minimum Gasteiger partial charge on any atom is -0.275 e. The van der Waals surface area contributed by atoms with Crippen LogP contribution in [0.1, 0.15) is 32.5 Å². The van der Waals surface area contributed by atoms with E-state index in [4.69, 9.17) is 4.98 Å². The van der Waals surface area contributed by atoms with Crippen LogP contribution >= 0.6 is 0 Å². The summed E-state index contributed by atoms with van der Waals surface area (Å²) < 4.78 is 3.79. The van der Waals surface area contributed by atoms with Gasteiger partial charge in [-0.25, -0.2) is 9.67 Å². The molecule has 104 valence electrons. The zero-order chi connectivity index (χ0) is 14.3. The Kier molecular flexibility index (Phi) is 3.04. The highest BCUT2D eigenvalue weighted by atomic mass is 15.3. The molecular formula is C15H19N5. The standard InChI is InChI=1S/C15H19N5/c1-5-12-11-6-7-13(14-8-9-19(4)17-14)16-15(11)20(18-12)10(2)3/h6-10H,5H2,1-4H3. The molecule has 0 saturated heterocycles. The van der Waals surface area contributed by atoms with E-state index in [1.54, 1.807) is 4.68 Å². The van der Waals surface area contributed by atoms with Crippen LogP contribution in [0.3, 0.4) is 0 Å². The fraction of sp³-hybridized carbons (Fsp3) is 0.400. The van der Waals surface area contributed by atoms with Crippen LogP contribution < -0.4 is 0 Å². The highest BCUT2D eigenvalue weighted by Crippen LogP contribution is 2.24. The lowest BCUT2D eigenvalue weighted by atomic mass is 10.2. The normalized spacial score (nSPS) is 11.7. The number of rotatable bonds is 3. The Labute approximate surface area is 118 Å². The quantitative estimate of drug-likeness (QED) is 0.734. The maximum absolute atomic E-state index is 4.77. The number of fused-ring (bicyclic) bond motifs is 1. The maximum atomic E-state index is 4.77. The lowest BCUT2D eigenvalue weighted by Crippen LogP contribution is -2.04. The number of pyridine rings is 1. The Hall–Kier alpha value is -2.17. The van der Waals surface area contributed by atoms with Crippen molar-refractivity contribution in [3.8, 4) is 11.4 Å². The fourth-order valence-electron chi connectivity index (χ4n) is 2.40. The summed E-state index contributed by atoms with van der Waals surface area (Å²) in [4.78, 5) is 4.77. The van der Waals surface area contributed by atoms with E-state index in [0.717, 1.165) is 34.5 Å². The van der Waals surface area contributed by atoms with Crippen LogP contribution in [0.25, 0.3) is 22.4 Å². The second-order valence-electron chi connectivity index (χ2n) is 5.28. The van der Waals surface area contributed by atoms with Gasteiger partial charge in [0.05, 0.1) is 11.4 Å².